The Morgan fingerprint density at radius 2 is 1.61 bits per heavy atom. The second-order valence-corrected chi connectivity index (χ2v) is 9.56. The molecule has 0 saturated carbocycles. The van der Waals surface area contributed by atoms with E-state index < -0.39 is 23.8 Å². The summed E-state index contributed by atoms with van der Waals surface area (Å²) in [5.74, 6) is -1.98. The molecule has 0 aromatic heterocycles. The number of carbonyl (C=O) groups is 4. The van der Waals surface area contributed by atoms with E-state index in [4.69, 9.17) is 27.9 Å². The van der Waals surface area contributed by atoms with Crippen LogP contribution >= 0.6 is 23.2 Å². The third-order valence-corrected chi connectivity index (χ3v) is 6.43. The third kappa shape index (κ3) is 5.88. The summed E-state index contributed by atoms with van der Waals surface area (Å²) in [5, 5.41) is 5.03. The van der Waals surface area contributed by atoms with E-state index >= 15 is 0 Å². The SMILES string of the molecule is Cc1ccc(NC(=O)COc2c(Cl)cc(/C=C3\C(=O)NC(=O)N(c4ccc(C)c(C)c4)C3=O)cc2Cl)cc1. The lowest BCUT2D eigenvalue weighted by molar-refractivity contribution is -0.122. The number of nitrogens with zero attached hydrogens (tertiary/aromatic N) is 1. The van der Waals surface area contributed by atoms with Crippen LogP contribution in [-0.2, 0) is 14.4 Å². The van der Waals surface area contributed by atoms with Crippen molar-refractivity contribution in [3.63, 3.8) is 0 Å². The highest BCUT2D eigenvalue weighted by Gasteiger charge is 2.37. The number of urea groups is 1. The molecule has 1 saturated heterocycles. The molecule has 0 radical (unpaired) electrons. The topological polar surface area (TPSA) is 105 Å². The van der Waals surface area contributed by atoms with Crippen LogP contribution in [0.15, 0.2) is 60.2 Å². The lowest BCUT2D eigenvalue weighted by Gasteiger charge is -2.27. The molecule has 3 aromatic rings. The van der Waals surface area contributed by atoms with Gasteiger partial charge in [-0.05, 0) is 79.9 Å². The molecule has 1 aliphatic rings. The van der Waals surface area contributed by atoms with Crippen molar-refractivity contribution in [2.45, 2.75) is 20.8 Å². The molecule has 194 valence electrons. The van der Waals surface area contributed by atoms with E-state index in [2.05, 4.69) is 10.6 Å². The maximum absolute atomic E-state index is 13.2. The van der Waals surface area contributed by atoms with Crippen molar-refractivity contribution in [2.75, 3.05) is 16.8 Å². The van der Waals surface area contributed by atoms with Gasteiger partial charge < -0.3 is 10.1 Å². The number of imide groups is 2. The summed E-state index contributed by atoms with van der Waals surface area (Å²) in [7, 11) is 0. The van der Waals surface area contributed by atoms with Gasteiger partial charge in [0.2, 0.25) is 0 Å². The molecule has 8 nitrogen and oxygen atoms in total. The first-order chi connectivity index (χ1) is 18.0. The van der Waals surface area contributed by atoms with Gasteiger partial charge in [-0.1, -0.05) is 47.0 Å². The zero-order chi connectivity index (χ0) is 27.6. The first-order valence-electron chi connectivity index (χ1n) is 11.5. The maximum Gasteiger partial charge on any atom is 0.335 e. The van der Waals surface area contributed by atoms with Crippen LogP contribution in [0.25, 0.3) is 6.08 Å². The molecule has 1 heterocycles. The number of halogens is 2. The van der Waals surface area contributed by atoms with Crippen LogP contribution in [0.4, 0.5) is 16.2 Å². The molecule has 0 unspecified atom stereocenters. The Morgan fingerprint density at radius 1 is 0.947 bits per heavy atom. The predicted octanol–water partition coefficient (Wildman–Crippen LogP) is 5.60. The highest BCUT2D eigenvalue weighted by Crippen LogP contribution is 2.35. The van der Waals surface area contributed by atoms with Crippen LogP contribution in [0.5, 0.6) is 5.75 Å². The van der Waals surface area contributed by atoms with E-state index in [9.17, 15) is 19.2 Å². The molecule has 1 aliphatic heterocycles. The molecule has 3 aromatic carbocycles. The van der Waals surface area contributed by atoms with Crippen molar-refractivity contribution in [1.82, 2.24) is 5.32 Å². The van der Waals surface area contributed by atoms with Gasteiger partial charge in [0.15, 0.2) is 12.4 Å². The van der Waals surface area contributed by atoms with E-state index in [1.807, 2.05) is 32.9 Å². The van der Waals surface area contributed by atoms with E-state index in [0.29, 0.717) is 16.9 Å². The van der Waals surface area contributed by atoms with E-state index in [1.54, 1.807) is 30.3 Å². The Balaban J connectivity index is 1.53. The molecule has 1 fully saturated rings. The maximum atomic E-state index is 13.2. The zero-order valence-electron chi connectivity index (χ0n) is 20.7. The molecule has 4 rings (SSSR count). The molecule has 0 spiro atoms. The van der Waals surface area contributed by atoms with Gasteiger partial charge in [-0.15, -0.1) is 0 Å². The number of ether oxygens (including phenoxy) is 1. The largest absolute Gasteiger partial charge is 0.481 e. The van der Waals surface area contributed by atoms with Gasteiger partial charge in [0.05, 0.1) is 15.7 Å². The van der Waals surface area contributed by atoms with Gasteiger partial charge in [0, 0.05) is 5.69 Å². The normalized spacial score (nSPS) is 14.5. The smallest absolute Gasteiger partial charge is 0.335 e. The Bertz CT molecular complexity index is 1480. The third-order valence-electron chi connectivity index (χ3n) is 5.86. The number of amides is 5. The predicted molar refractivity (Wildman–Crippen MR) is 147 cm³/mol. The van der Waals surface area contributed by atoms with Crippen molar-refractivity contribution < 1.29 is 23.9 Å². The summed E-state index contributed by atoms with van der Waals surface area (Å²) in [6.07, 6.45) is 1.28. The fourth-order valence-corrected chi connectivity index (χ4v) is 4.31. The molecule has 0 bridgehead atoms. The quantitative estimate of drug-likeness (QED) is 0.306. The zero-order valence-corrected chi connectivity index (χ0v) is 22.2. The highest BCUT2D eigenvalue weighted by atomic mass is 35.5. The summed E-state index contributed by atoms with van der Waals surface area (Å²) in [4.78, 5) is 51.3. The lowest BCUT2D eigenvalue weighted by Crippen LogP contribution is -2.54. The van der Waals surface area contributed by atoms with Gasteiger partial charge in [-0.2, -0.15) is 0 Å². The van der Waals surface area contributed by atoms with Crippen LogP contribution in [-0.4, -0.2) is 30.4 Å². The molecule has 5 amide bonds. The van der Waals surface area contributed by atoms with Crippen LogP contribution in [0.2, 0.25) is 10.0 Å². The van der Waals surface area contributed by atoms with Crippen molar-refractivity contribution in [3.05, 3.63) is 92.5 Å². The fraction of sp³-hybridized carbons (Fsp3) is 0.143. The number of nitrogens with one attached hydrogen (secondary N) is 2. The molecular formula is C28H23Cl2N3O5. The summed E-state index contributed by atoms with van der Waals surface area (Å²) < 4.78 is 5.53. The number of hydrogen-bond donors (Lipinski definition) is 2. The Labute approximate surface area is 229 Å². The average Bonchev–Trinajstić information content (AvgIpc) is 2.85. The van der Waals surface area contributed by atoms with Gasteiger partial charge in [0.1, 0.15) is 5.57 Å². The number of rotatable bonds is 6. The highest BCUT2D eigenvalue weighted by molar-refractivity contribution is 6.40. The van der Waals surface area contributed by atoms with Gasteiger partial charge in [0.25, 0.3) is 17.7 Å². The minimum absolute atomic E-state index is 0.0678. The summed E-state index contributed by atoms with van der Waals surface area (Å²) in [5.41, 5.74) is 3.93. The Hall–Kier alpha value is -4.14. The van der Waals surface area contributed by atoms with E-state index in [1.165, 1.54) is 18.2 Å². The number of aryl methyl sites for hydroxylation is 3. The summed E-state index contributed by atoms with van der Waals surface area (Å²) >= 11 is 12.7. The second-order valence-electron chi connectivity index (χ2n) is 8.74. The second kappa shape index (κ2) is 11.1. The summed E-state index contributed by atoms with van der Waals surface area (Å²) in [6, 6.07) is 14.4. The van der Waals surface area contributed by atoms with Crippen LogP contribution in [0, 0.1) is 20.8 Å². The number of anilines is 2. The van der Waals surface area contributed by atoms with Gasteiger partial charge in [-0.25, -0.2) is 9.69 Å². The van der Waals surface area contributed by atoms with E-state index in [0.717, 1.165) is 21.6 Å². The Kier molecular flexibility index (Phi) is 7.85. The molecule has 2 N–H and O–H groups in total. The number of benzene rings is 3. The monoisotopic (exact) mass is 551 g/mol. The fourth-order valence-electron chi connectivity index (χ4n) is 3.70. The minimum Gasteiger partial charge on any atom is -0.481 e. The molecule has 0 aliphatic carbocycles. The van der Waals surface area contributed by atoms with Crippen molar-refractivity contribution in [2.24, 2.45) is 0 Å². The van der Waals surface area contributed by atoms with Crippen molar-refractivity contribution >= 4 is 64.4 Å². The van der Waals surface area contributed by atoms with E-state index in [-0.39, 0.29) is 28.0 Å². The van der Waals surface area contributed by atoms with Crippen LogP contribution < -0.4 is 20.3 Å². The summed E-state index contributed by atoms with van der Waals surface area (Å²) in [6.45, 7) is 5.35. The average molecular weight is 552 g/mol. The first kappa shape index (κ1) is 26.9. The molecule has 0 atom stereocenters. The standard InChI is InChI=1S/C28H23Cl2N3O5/c1-15-4-7-19(8-5-15)31-24(34)14-38-25-22(29)12-18(13-23(25)30)11-21-26(35)32-28(37)33(27(21)36)20-9-6-16(2)17(3)10-20/h4-13H,14H2,1-3H3,(H,31,34)(H,32,35,37)/b21-11+. The number of hydrogen-bond acceptors (Lipinski definition) is 5. The van der Waals surface area contributed by atoms with Crippen molar-refractivity contribution in [1.29, 1.82) is 0 Å². The molecular weight excluding hydrogens is 529 g/mol. The van der Waals surface area contributed by atoms with Crippen LogP contribution in [0.1, 0.15) is 22.3 Å². The molecule has 10 heteroatoms. The lowest BCUT2D eigenvalue weighted by atomic mass is 10.0. The van der Waals surface area contributed by atoms with Crippen molar-refractivity contribution in [3.8, 4) is 5.75 Å². The molecule has 38 heavy (non-hydrogen) atoms. The minimum atomic E-state index is -0.847. The number of barbiturate groups is 1. The number of carbonyl (C=O) groups excluding carboxylic acids is 4. The first-order valence-corrected chi connectivity index (χ1v) is 12.3. The van der Waals surface area contributed by atoms with Crippen LogP contribution in [0.3, 0.4) is 0 Å². The Morgan fingerprint density at radius 3 is 2.24 bits per heavy atom. The van der Waals surface area contributed by atoms with Gasteiger partial charge >= 0.3 is 6.03 Å². The van der Waals surface area contributed by atoms with Gasteiger partial charge in [-0.3, -0.25) is 19.7 Å².